The van der Waals surface area contributed by atoms with Crippen LogP contribution in [0.2, 0.25) is 0 Å². The molecule has 0 atom stereocenters. The van der Waals surface area contributed by atoms with E-state index in [0.29, 0.717) is 11.3 Å². The molecule has 0 fully saturated rings. The number of nitrogen functional groups attached to an aromatic ring is 1. The maximum atomic E-state index is 12.1. The van der Waals surface area contributed by atoms with E-state index in [1.54, 1.807) is 12.3 Å². The van der Waals surface area contributed by atoms with E-state index in [1.807, 2.05) is 26.0 Å². The van der Waals surface area contributed by atoms with Gasteiger partial charge in [-0.15, -0.1) is 0 Å². The summed E-state index contributed by atoms with van der Waals surface area (Å²) in [4.78, 5) is 16.0. The van der Waals surface area contributed by atoms with Crippen molar-refractivity contribution in [2.45, 2.75) is 13.8 Å². The topological polar surface area (TPSA) is 68.0 Å². The quantitative estimate of drug-likeness (QED) is 0.892. The SMILES string of the molecule is Cc1cc(NC(=O)c2ccncc2N)cc(C)c1Br. The summed E-state index contributed by atoms with van der Waals surface area (Å²) in [5.74, 6) is -0.235. The lowest BCUT2D eigenvalue weighted by molar-refractivity contribution is 0.102. The number of amides is 1. The Morgan fingerprint density at radius 2 is 1.95 bits per heavy atom. The predicted molar refractivity (Wildman–Crippen MR) is 80.2 cm³/mol. The van der Waals surface area contributed by atoms with Gasteiger partial charge in [-0.05, 0) is 43.2 Å². The van der Waals surface area contributed by atoms with E-state index < -0.39 is 0 Å². The Morgan fingerprint density at radius 1 is 1.32 bits per heavy atom. The van der Waals surface area contributed by atoms with E-state index in [9.17, 15) is 4.79 Å². The molecule has 1 aromatic carbocycles. The van der Waals surface area contributed by atoms with Crippen LogP contribution in [0.25, 0.3) is 0 Å². The molecule has 4 nitrogen and oxygen atoms in total. The zero-order valence-corrected chi connectivity index (χ0v) is 12.3. The van der Waals surface area contributed by atoms with Gasteiger partial charge in [0.1, 0.15) is 0 Å². The standard InChI is InChI=1S/C14H14BrN3O/c1-8-5-10(6-9(2)13(8)15)18-14(19)11-3-4-17-7-12(11)16/h3-7H,16H2,1-2H3,(H,18,19). The van der Waals surface area contributed by atoms with Gasteiger partial charge in [-0.1, -0.05) is 15.9 Å². The summed E-state index contributed by atoms with van der Waals surface area (Å²) in [6.07, 6.45) is 3.01. The number of pyridine rings is 1. The van der Waals surface area contributed by atoms with Gasteiger partial charge in [0, 0.05) is 16.4 Å². The molecule has 0 aliphatic rings. The summed E-state index contributed by atoms with van der Waals surface area (Å²) in [5, 5.41) is 2.84. The van der Waals surface area contributed by atoms with E-state index >= 15 is 0 Å². The van der Waals surface area contributed by atoms with Gasteiger partial charge in [-0.25, -0.2) is 0 Å². The third-order valence-electron chi connectivity index (χ3n) is 2.79. The third kappa shape index (κ3) is 2.93. The minimum absolute atomic E-state index is 0.235. The number of anilines is 2. The van der Waals surface area contributed by atoms with Gasteiger partial charge in [0.15, 0.2) is 0 Å². The highest BCUT2D eigenvalue weighted by molar-refractivity contribution is 9.10. The highest BCUT2D eigenvalue weighted by Crippen LogP contribution is 2.25. The number of rotatable bonds is 2. The number of carbonyl (C=O) groups excluding carboxylic acids is 1. The lowest BCUT2D eigenvalue weighted by atomic mass is 10.1. The molecule has 0 bridgehead atoms. The van der Waals surface area contributed by atoms with Gasteiger partial charge in [0.2, 0.25) is 0 Å². The van der Waals surface area contributed by atoms with Crippen LogP contribution in [0.1, 0.15) is 21.5 Å². The monoisotopic (exact) mass is 319 g/mol. The van der Waals surface area contributed by atoms with E-state index in [1.165, 1.54) is 6.20 Å². The molecule has 0 aliphatic heterocycles. The number of aryl methyl sites for hydroxylation is 2. The number of benzene rings is 1. The second kappa shape index (κ2) is 5.40. The fourth-order valence-electron chi connectivity index (χ4n) is 1.83. The van der Waals surface area contributed by atoms with Crippen molar-refractivity contribution >= 4 is 33.2 Å². The average molecular weight is 320 g/mol. The van der Waals surface area contributed by atoms with Gasteiger partial charge in [0.05, 0.1) is 17.4 Å². The van der Waals surface area contributed by atoms with Crippen LogP contribution in [0.15, 0.2) is 35.1 Å². The molecule has 1 heterocycles. The zero-order chi connectivity index (χ0) is 14.0. The Kier molecular flexibility index (Phi) is 3.85. The first-order valence-corrected chi connectivity index (χ1v) is 6.56. The minimum atomic E-state index is -0.235. The highest BCUT2D eigenvalue weighted by Gasteiger charge is 2.10. The summed E-state index contributed by atoms with van der Waals surface area (Å²) in [5.41, 5.74) is 9.40. The van der Waals surface area contributed by atoms with E-state index in [4.69, 9.17) is 5.73 Å². The Bertz CT molecular complexity index is 617. The zero-order valence-electron chi connectivity index (χ0n) is 10.7. The van der Waals surface area contributed by atoms with Crippen LogP contribution in [-0.4, -0.2) is 10.9 Å². The number of aromatic nitrogens is 1. The van der Waals surface area contributed by atoms with Crippen molar-refractivity contribution in [2.75, 3.05) is 11.1 Å². The first kappa shape index (κ1) is 13.5. The summed E-state index contributed by atoms with van der Waals surface area (Å²) in [6.45, 7) is 3.96. The number of nitrogens with one attached hydrogen (secondary N) is 1. The Morgan fingerprint density at radius 3 is 2.53 bits per heavy atom. The first-order chi connectivity index (χ1) is 8.99. The molecule has 5 heteroatoms. The smallest absolute Gasteiger partial charge is 0.257 e. The van der Waals surface area contributed by atoms with Crippen LogP contribution < -0.4 is 11.1 Å². The fraction of sp³-hybridized carbons (Fsp3) is 0.143. The van der Waals surface area contributed by atoms with Crippen molar-refractivity contribution in [1.29, 1.82) is 0 Å². The van der Waals surface area contributed by atoms with Crippen molar-refractivity contribution in [3.05, 3.63) is 51.8 Å². The van der Waals surface area contributed by atoms with E-state index in [-0.39, 0.29) is 5.91 Å². The lowest BCUT2D eigenvalue weighted by Gasteiger charge is -2.10. The number of hydrogen-bond donors (Lipinski definition) is 2. The first-order valence-electron chi connectivity index (χ1n) is 5.76. The molecule has 1 aromatic heterocycles. The van der Waals surface area contributed by atoms with Crippen LogP contribution in [0, 0.1) is 13.8 Å². The molecule has 2 aromatic rings. The number of nitrogens with two attached hydrogens (primary N) is 1. The average Bonchev–Trinajstić information content (AvgIpc) is 2.36. The van der Waals surface area contributed by atoms with Crippen LogP contribution in [0.4, 0.5) is 11.4 Å². The Balaban J connectivity index is 2.27. The number of carbonyl (C=O) groups is 1. The molecular formula is C14H14BrN3O. The van der Waals surface area contributed by atoms with Crippen molar-refractivity contribution in [3.8, 4) is 0 Å². The van der Waals surface area contributed by atoms with Crippen LogP contribution in [-0.2, 0) is 0 Å². The molecular weight excluding hydrogens is 306 g/mol. The fourth-order valence-corrected chi connectivity index (χ4v) is 2.06. The van der Waals surface area contributed by atoms with Crippen molar-refractivity contribution in [1.82, 2.24) is 4.98 Å². The number of halogens is 1. The maximum absolute atomic E-state index is 12.1. The Labute approximate surface area is 120 Å². The molecule has 0 spiro atoms. The molecule has 0 aliphatic carbocycles. The third-order valence-corrected chi connectivity index (χ3v) is 4.04. The van der Waals surface area contributed by atoms with E-state index in [2.05, 4.69) is 26.2 Å². The second-order valence-corrected chi connectivity index (χ2v) is 5.13. The predicted octanol–water partition coefficient (Wildman–Crippen LogP) is 3.30. The normalized spacial score (nSPS) is 10.3. The van der Waals surface area contributed by atoms with Crippen LogP contribution >= 0.6 is 15.9 Å². The molecule has 2 rings (SSSR count). The van der Waals surface area contributed by atoms with Crippen molar-refractivity contribution in [2.24, 2.45) is 0 Å². The van der Waals surface area contributed by atoms with Gasteiger partial charge >= 0.3 is 0 Å². The molecule has 98 valence electrons. The summed E-state index contributed by atoms with van der Waals surface area (Å²) < 4.78 is 1.05. The second-order valence-electron chi connectivity index (χ2n) is 4.34. The molecule has 0 saturated carbocycles. The minimum Gasteiger partial charge on any atom is -0.397 e. The van der Waals surface area contributed by atoms with Crippen LogP contribution in [0.3, 0.4) is 0 Å². The highest BCUT2D eigenvalue weighted by atomic mass is 79.9. The number of nitrogens with zero attached hydrogens (tertiary/aromatic N) is 1. The van der Waals surface area contributed by atoms with Crippen molar-refractivity contribution in [3.63, 3.8) is 0 Å². The summed E-state index contributed by atoms with van der Waals surface area (Å²) in [6, 6.07) is 5.42. The molecule has 0 unspecified atom stereocenters. The molecule has 0 radical (unpaired) electrons. The lowest BCUT2D eigenvalue weighted by Crippen LogP contribution is -2.14. The Hall–Kier alpha value is -1.88. The number of hydrogen-bond acceptors (Lipinski definition) is 3. The molecule has 0 saturated heterocycles. The molecule has 1 amide bonds. The van der Waals surface area contributed by atoms with Crippen molar-refractivity contribution < 1.29 is 4.79 Å². The van der Waals surface area contributed by atoms with Crippen LogP contribution in [0.5, 0.6) is 0 Å². The largest absolute Gasteiger partial charge is 0.397 e. The van der Waals surface area contributed by atoms with Gasteiger partial charge < -0.3 is 11.1 Å². The van der Waals surface area contributed by atoms with Gasteiger partial charge in [-0.2, -0.15) is 0 Å². The maximum Gasteiger partial charge on any atom is 0.257 e. The molecule has 3 N–H and O–H groups in total. The molecule has 19 heavy (non-hydrogen) atoms. The summed E-state index contributed by atoms with van der Waals surface area (Å²) in [7, 11) is 0. The van der Waals surface area contributed by atoms with E-state index in [0.717, 1.165) is 21.3 Å². The van der Waals surface area contributed by atoms with Gasteiger partial charge in [-0.3, -0.25) is 9.78 Å². The van der Waals surface area contributed by atoms with Gasteiger partial charge in [0.25, 0.3) is 5.91 Å². The summed E-state index contributed by atoms with van der Waals surface area (Å²) >= 11 is 3.50.